The molecule has 180 valence electrons. The molecule has 1 saturated heterocycles. The van der Waals surface area contributed by atoms with Crippen molar-refractivity contribution in [3.05, 3.63) is 84.4 Å². The number of amides is 2. The number of hydrogen-bond donors (Lipinski definition) is 0. The lowest BCUT2D eigenvalue weighted by Crippen LogP contribution is -2.46. The highest BCUT2D eigenvalue weighted by atomic mass is 16.6. The van der Waals surface area contributed by atoms with Crippen molar-refractivity contribution in [3.8, 4) is 0 Å². The Kier molecular flexibility index (Phi) is 8.26. The summed E-state index contributed by atoms with van der Waals surface area (Å²) in [7, 11) is 0. The smallest absolute Gasteiger partial charge is 0.416 e. The molecule has 0 aromatic heterocycles. The lowest BCUT2D eigenvalue weighted by molar-refractivity contribution is -0.158. The Morgan fingerprint density at radius 1 is 1.12 bits per heavy atom. The van der Waals surface area contributed by atoms with Crippen molar-refractivity contribution < 1.29 is 23.9 Å². The first-order valence-electron chi connectivity index (χ1n) is 11.6. The molecule has 1 aliphatic rings. The number of allylic oxidation sites excluding steroid dienone is 1. The molecule has 6 heteroatoms. The van der Waals surface area contributed by atoms with E-state index in [0.29, 0.717) is 12.8 Å². The lowest BCUT2D eigenvalue weighted by Gasteiger charge is -2.31. The topological polar surface area (TPSA) is 72.9 Å². The van der Waals surface area contributed by atoms with Gasteiger partial charge in [0.05, 0.1) is 18.4 Å². The zero-order valence-corrected chi connectivity index (χ0v) is 20.1. The molecule has 1 fully saturated rings. The number of benzene rings is 2. The summed E-state index contributed by atoms with van der Waals surface area (Å²) in [5, 5.41) is 0. The molecule has 34 heavy (non-hydrogen) atoms. The van der Waals surface area contributed by atoms with Gasteiger partial charge < -0.3 is 9.47 Å². The van der Waals surface area contributed by atoms with Gasteiger partial charge in [0, 0.05) is 0 Å². The monoisotopic (exact) mass is 463 g/mol. The van der Waals surface area contributed by atoms with Crippen LogP contribution in [0.2, 0.25) is 0 Å². The second kappa shape index (κ2) is 11.1. The molecule has 2 amide bonds. The van der Waals surface area contributed by atoms with Crippen LogP contribution in [0.25, 0.3) is 0 Å². The molecular formula is C28H33NO5. The molecule has 0 saturated carbocycles. The van der Waals surface area contributed by atoms with Crippen molar-refractivity contribution in [3.63, 3.8) is 0 Å². The summed E-state index contributed by atoms with van der Waals surface area (Å²) >= 11 is 0. The number of carbonyl (C=O) groups excluding carboxylic acids is 3. The number of ether oxygens (including phenoxy) is 2. The molecule has 0 spiro atoms. The third-order valence-corrected chi connectivity index (χ3v) is 5.77. The second-order valence-corrected chi connectivity index (χ2v) is 9.57. The summed E-state index contributed by atoms with van der Waals surface area (Å²) in [6.07, 6.45) is 1.86. The van der Waals surface area contributed by atoms with E-state index in [9.17, 15) is 14.4 Å². The van der Waals surface area contributed by atoms with Crippen molar-refractivity contribution in [1.29, 1.82) is 0 Å². The van der Waals surface area contributed by atoms with Gasteiger partial charge in [-0.25, -0.2) is 9.69 Å². The van der Waals surface area contributed by atoms with Crippen molar-refractivity contribution in [2.45, 2.75) is 57.6 Å². The number of cyclic esters (lactones) is 1. The summed E-state index contributed by atoms with van der Waals surface area (Å²) in [5.74, 6) is -2.06. The summed E-state index contributed by atoms with van der Waals surface area (Å²) in [4.78, 5) is 40.7. The van der Waals surface area contributed by atoms with Crippen molar-refractivity contribution >= 4 is 18.0 Å². The Morgan fingerprint density at radius 2 is 1.74 bits per heavy atom. The normalized spacial score (nSPS) is 17.6. The van der Waals surface area contributed by atoms with E-state index < -0.39 is 35.5 Å². The Hall–Kier alpha value is -3.41. The fourth-order valence-corrected chi connectivity index (χ4v) is 4.32. The summed E-state index contributed by atoms with van der Waals surface area (Å²) in [6.45, 7) is 9.33. The van der Waals surface area contributed by atoms with Gasteiger partial charge in [0.2, 0.25) is 5.91 Å². The first-order valence-corrected chi connectivity index (χ1v) is 11.6. The van der Waals surface area contributed by atoms with Gasteiger partial charge in [-0.15, -0.1) is 6.58 Å². The van der Waals surface area contributed by atoms with Crippen LogP contribution >= 0.6 is 0 Å². The quantitative estimate of drug-likeness (QED) is 0.373. The Bertz CT molecular complexity index is 996. The summed E-state index contributed by atoms with van der Waals surface area (Å²) in [5.41, 5.74) is 1.21. The molecule has 1 unspecified atom stereocenters. The van der Waals surface area contributed by atoms with E-state index in [-0.39, 0.29) is 18.9 Å². The average Bonchev–Trinajstić information content (AvgIpc) is 3.15. The minimum atomic E-state index is -0.806. The van der Waals surface area contributed by atoms with E-state index in [0.717, 1.165) is 11.1 Å². The van der Waals surface area contributed by atoms with Crippen molar-refractivity contribution in [1.82, 2.24) is 4.90 Å². The fraction of sp³-hybridized carbons (Fsp3) is 0.393. The van der Waals surface area contributed by atoms with Crippen molar-refractivity contribution in [2.24, 2.45) is 5.92 Å². The van der Waals surface area contributed by atoms with Crippen LogP contribution in [0.5, 0.6) is 0 Å². The Morgan fingerprint density at radius 3 is 2.32 bits per heavy atom. The predicted octanol–water partition coefficient (Wildman–Crippen LogP) is 5.28. The van der Waals surface area contributed by atoms with Gasteiger partial charge in [-0.05, 0) is 50.7 Å². The maximum absolute atomic E-state index is 13.9. The van der Waals surface area contributed by atoms with Gasteiger partial charge in [-0.3, -0.25) is 9.59 Å². The van der Waals surface area contributed by atoms with Gasteiger partial charge in [-0.1, -0.05) is 66.7 Å². The van der Waals surface area contributed by atoms with Gasteiger partial charge >= 0.3 is 12.1 Å². The highest BCUT2D eigenvalue weighted by molar-refractivity contribution is 5.96. The predicted molar refractivity (Wildman–Crippen MR) is 130 cm³/mol. The molecule has 1 aliphatic heterocycles. The maximum Gasteiger partial charge on any atom is 0.416 e. The summed E-state index contributed by atoms with van der Waals surface area (Å²) in [6, 6.07) is 18.7. The van der Waals surface area contributed by atoms with E-state index in [1.54, 1.807) is 26.8 Å². The number of rotatable bonds is 9. The number of hydrogen-bond acceptors (Lipinski definition) is 5. The summed E-state index contributed by atoms with van der Waals surface area (Å²) < 4.78 is 10.8. The van der Waals surface area contributed by atoms with Crippen LogP contribution in [0.3, 0.4) is 0 Å². The van der Waals surface area contributed by atoms with Crippen LogP contribution in [0, 0.1) is 5.92 Å². The third kappa shape index (κ3) is 6.56. The average molecular weight is 464 g/mol. The first kappa shape index (κ1) is 25.2. The highest BCUT2D eigenvalue weighted by Crippen LogP contribution is 2.35. The minimum Gasteiger partial charge on any atom is -0.460 e. The van der Waals surface area contributed by atoms with Crippen LogP contribution in [0.15, 0.2) is 73.3 Å². The second-order valence-electron chi connectivity index (χ2n) is 9.57. The van der Waals surface area contributed by atoms with E-state index >= 15 is 0 Å². The van der Waals surface area contributed by atoms with Crippen LogP contribution in [0.1, 0.15) is 50.7 Å². The van der Waals surface area contributed by atoms with E-state index in [1.807, 2.05) is 60.7 Å². The van der Waals surface area contributed by atoms with Gasteiger partial charge in [-0.2, -0.15) is 0 Å². The molecular weight excluding hydrogens is 430 g/mol. The number of nitrogens with zero attached hydrogens (tertiary/aromatic N) is 1. The highest BCUT2D eigenvalue weighted by Gasteiger charge is 2.44. The largest absolute Gasteiger partial charge is 0.460 e. The van der Waals surface area contributed by atoms with Crippen LogP contribution in [-0.4, -0.2) is 41.1 Å². The zero-order chi connectivity index (χ0) is 24.7. The Balaban J connectivity index is 1.94. The van der Waals surface area contributed by atoms with Crippen LogP contribution in [0.4, 0.5) is 4.79 Å². The SMILES string of the molecule is C=CC[C@H](c1ccccc1)[C@H](CC(=O)OC(C)(C)C)C(=O)N1C(=O)OCC1Cc1ccccc1. The molecule has 0 bridgehead atoms. The molecule has 3 rings (SSSR count). The molecule has 0 N–H and O–H groups in total. The lowest BCUT2D eigenvalue weighted by atomic mass is 9.80. The van der Waals surface area contributed by atoms with E-state index in [1.165, 1.54) is 4.90 Å². The number of carbonyl (C=O) groups is 3. The molecule has 2 aromatic carbocycles. The molecule has 0 aliphatic carbocycles. The third-order valence-electron chi connectivity index (χ3n) is 5.77. The Labute approximate surface area is 201 Å². The van der Waals surface area contributed by atoms with E-state index in [2.05, 4.69) is 6.58 Å². The molecule has 0 radical (unpaired) electrons. The number of imide groups is 1. The first-order chi connectivity index (χ1) is 16.2. The molecule has 6 nitrogen and oxygen atoms in total. The van der Waals surface area contributed by atoms with Crippen LogP contribution in [-0.2, 0) is 25.5 Å². The maximum atomic E-state index is 13.9. The molecule has 3 atom stereocenters. The number of esters is 1. The zero-order valence-electron chi connectivity index (χ0n) is 20.1. The van der Waals surface area contributed by atoms with E-state index in [4.69, 9.17) is 9.47 Å². The van der Waals surface area contributed by atoms with Crippen LogP contribution < -0.4 is 0 Å². The fourth-order valence-electron chi connectivity index (χ4n) is 4.32. The minimum absolute atomic E-state index is 0.121. The standard InChI is InChI=1S/C28H33NO5/c1-5-12-23(21-15-10-7-11-16-21)24(18-25(30)34-28(2,3)4)26(31)29-22(19-33-27(29)32)17-20-13-8-6-9-14-20/h5-11,13-16,22-24H,1,12,17-19H2,2-4H3/t22?,23-,24+/m1/s1. The molecule has 2 aromatic rings. The van der Waals surface area contributed by atoms with Gasteiger partial charge in [0.1, 0.15) is 12.2 Å². The van der Waals surface area contributed by atoms with Gasteiger partial charge in [0.25, 0.3) is 0 Å². The van der Waals surface area contributed by atoms with Crippen molar-refractivity contribution in [2.75, 3.05) is 6.61 Å². The molecule has 1 heterocycles. The van der Waals surface area contributed by atoms with Gasteiger partial charge in [0.15, 0.2) is 0 Å².